The molecule has 0 aliphatic carbocycles. The molecular formula is C24H30O. The van der Waals surface area contributed by atoms with Gasteiger partial charge in [0.2, 0.25) is 0 Å². The van der Waals surface area contributed by atoms with Crippen molar-refractivity contribution in [2.75, 3.05) is 6.61 Å². The van der Waals surface area contributed by atoms with Gasteiger partial charge in [0.1, 0.15) is 5.75 Å². The van der Waals surface area contributed by atoms with E-state index in [0.717, 1.165) is 18.8 Å². The Morgan fingerprint density at radius 1 is 0.640 bits per heavy atom. The molecule has 0 unspecified atom stereocenters. The summed E-state index contributed by atoms with van der Waals surface area (Å²) in [5.74, 6) is 1.05. The van der Waals surface area contributed by atoms with Crippen molar-refractivity contribution >= 4 is 21.5 Å². The molecule has 3 rings (SSSR count). The van der Waals surface area contributed by atoms with Crippen LogP contribution in [0.3, 0.4) is 0 Å². The van der Waals surface area contributed by atoms with Gasteiger partial charge in [0, 0.05) is 10.8 Å². The van der Waals surface area contributed by atoms with Gasteiger partial charge in [-0.25, -0.2) is 0 Å². The smallest absolute Gasteiger partial charge is 0.134 e. The lowest BCUT2D eigenvalue weighted by molar-refractivity contribution is 0.311. The van der Waals surface area contributed by atoms with E-state index in [2.05, 4.69) is 61.5 Å². The minimum atomic E-state index is 0.812. The van der Waals surface area contributed by atoms with Gasteiger partial charge in [-0.2, -0.15) is 0 Å². The molecule has 0 fully saturated rings. The van der Waals surface area contributed by atoms with Crippen molar-refractivity contribution in [3.63, 3.8) is 0 Å². The van der Waals surface area contributed by atoms with Gasteiger partial charge in [-0.3, -0.25) is 0 Å². The number of ether oxygens (including phenoxy) is 1. The van der Waals surface area contributed by atoms with Crippen LogP contribution in [0.25, 0.3) is 21.5 Å². The van der Waals surface area contributed by atoms with Crippen LogP contribution >= 0.6 is 0 Å². The summed E-state index contributed by atoms with van der Waals surface area (Å²) in [6.07, 6.45) is 10.6. The quantitative estimate of drug-likeness (QED) is 0.275. The minimum absolute atomic E-state index is 0.812. The Hall–Kier alpha value is -2.02. The van der Waals surface area contributed by atoms with Crippen molar-refractivity contribution in [1.29, 1.82) is 0 Å². The zero-order valence-electron chi connectivity index (χ0n) is 15.5. The predicted molar refractivity (Wildman–Crippen MR) is 110 cm³/mol. The summed E-state index contributed by atoms with van der Waals surface area (Å²) >= 11 is 0. The van der Waals surface area contributed by atoms with Gasteiger partial charge < -0.3 is 4.74 Å². The molecule has 25 heavy (non-hydrogen) atoms. The van der Waals surface area contributed by atoms with Crippen molar-refractivity contribution in [1.82, 2.24) is 0 Å². The van der Waals surface area contributed by atoms with Gasteiger partial charge in [-0.1, -0.05) is 100 Å². The van der Waals surface area contributed by atoms with Crippen molar-refractivity contribution in [2.45, 2.75) is 58.3 Å². The molecule has 0 bridgehead atoms. The van der Waals surface area contributed by atoms with Crippen LogP contribution in [0.1, 0.15) is 58.3 Å². The van der Waals surface area contributed by atoms with Crippen molar-refractivity contribution in [2.24, 2.45) is 0 Å². The van der Waals surface area contributed by atoms with Gasteiger partial charge in [-0.05, 0) is 23.3 Å². The van der Waals surface area contributed by atoms with Gasteiger partial charge in [0.15, 0.2) is 0 Å². The summed E-state index contributed by atoms with van der Waals surface area (Å²) in [7, 11) is 0. The fourth-order valence-corrected chi connectivity index (χ4v) is 3.54. The SMILES string of the molecule is CCCCCCCCCCOc1c2ccccc2cc2ccccc12. The number of benzene rings is 3. The standard InChI is InChI=1S/C24H30O/c1-2-3-4-5-6-7-8-13-18-25-24-22-16-11-9-14-20(22)19-21-15-10-12-17-23(21)24/h9-12,14-17,19H,2-8,13,18H2,1H3. The number of unbranched alkanes of at least 4 members (excludes halogenated alkanes) is 7. The molecule has 0 saturated heterocycles. The van der Waals surface area contributed by atoms with E-state index in [0.29, 0.717) is 0 Å². The Labute approximate surface area is 152 Å². The van der Waals surface area contributed by atoms with Crippen LogP contribution in [0.4, 0.5) is 0 Å². The lowest BCUT2D eigenvalue weighted by atomic mass is 10.0. The molecule has 0 N–H and O–H groups in total. The maximum absolute atomic E-state index is 6.28. The van der Waals surface area contributed by atoms with Crippen molar-refractivity contribution in [3.8, 4) is 5.75 Å². The molecule has 0 atom stereocenters. The van der Waals surface area contributed by atoms with Gasteiger partial charge in [0.25, 0.3) is 0 Å². The normalized spacial score (nSPS) is 11.2. The van der Waals surface area contributed by atoms with E-state index in [1.54, 1.807) is 0 Å². The first-order valence-corrected chi connectivity index (χ1v) is 9.93. The molecule has 0 aliphatic rings. The summed E-state index contributed by atoms with van der Waals surface area (Å²) in [6.45, 7) is 3.08. The summed E-state index contributed by atoms with van der Waals surface area (Å²) < 4.78 is 6.28. The first-order chi connectivity index (χ1) is 12.4. The predicted octanol–water partition coefficient (Wildman–Crippen LogP) is 7.51. The Bertz CT molecular complexity index is 736. The van der Waals surface area contributed by atoms with Crippen LogP contribution in [-0.2, 0) is 0 Å². The Morgan fingerprint density at radius 3 is 1.76 bits per heavy atom. The third kappa shape index (κ3) is 4.75. The second-order valence-corrected chi connectivity index (χ2v) is 6.97. The van der Waals surface area contributed by atoms with E-state index in [9.17, 15) is 0 Å². The maximum Gasteiger partial charge on any atom is 0.134 e. The lowest BCUT2D eigenvalue weighted by Gasteiger charge is -2.13. The summed E-state index contributed by atoms with van der Waals surface area (Å²) in [6, 6.07) is 19.3. The van der Waals surface area contributed by atoms with E-state index >= 15 is 0 Å². The molecule has 0 amide bonds. The van der Waals surface area contributed by atoms with Gasteiger partial charge in [0.05, 0.1) is 6.61 Å². The monoisotopic (exact) mass is 334 g/mol. The molecule has 0 spiro atoms. The highest BCUT2D eigenvalue weighted by molar-refractivity contribution is 6.05. The fraction of sp³-hybridized carbons (Fsp3) is 0.417. The van der Waals surface area contributed by atoms with Crippen molar-refractivity contribution in [3.05, 3.63) is 54.6 Å². The third-order valence-electron chi connectivity index (χ3n) is 4.97. The molecule has 3 aromatic rings. The van der Waals surface area contributed by atoms with Crippen LogP contribution < -0.4 is 4.74 Å². The molecular weight excluding hydrogens is 304 g/mol. The van der Waals surface area contributed by atoms with Crippen molar-refractivity contribution < 1.29 is 4.74 Å². The first-order valence-electron chi connectivity index (χ1n) is 9.93. The molecule has 0 radical (unpaired) electrons. The number of rotatable bonds is 10. The summed E-state index contributed by atoms with van der Waals surface area (Å²) in [5.41, 5.74) is 0. The Kier molecular flexibility index (Phi) is 6.73. The van der Waals surface area contributed by atoms with Crippen LogP contribution in [0.5, 0.6) is 5.75 Å². The second-order valence-electron chi connectivity index (χ2n) is 6.97. The van der Waals surface area contributed by atoms with Crippen LogP contribution in [0.2, 0.25) is 0 Å². The zero-order chi connectivity index (χ0) is 17.3. The van der Waals surface area contributed by atoms with Crippen LogP contribution in [-0.4, -0.2) is 6.61 Å². The van der Waals surface area contributed by atoms with E-state index in [1.807, 2.05) is 0 Å². The number of fused-ring (bicyclic) bond motifs is 2. The Balaban J connectivity index is 1.59. The zero-order valence-corrected chi connectivity index (χ0v) is 15.5. The van der Waals surface area contributed by atoms with Crippen LogP contribution in [0.15, 0.2) is 54.6 Å². The lowest BCUT2D eigenvalue weighted by Crippen LogP contribution is -1.99. The average Bonchev–Trinajstić information content (AvgIpc) is 2.66. The molecule has 1 nitrogen and oxygen atoms in total. The largest absolute Gasteiger partial charge is 0.492 e. The Morgan fingerprint density at radius 2 is 1.16 bits per heavy atom. The highest BCUT2D eigenvalue weighted by atomic mass is 16.5. The molecule has 0 aliphatic heterocycles. The fourth-order valence-electron chi connectivity index (χ4n) is 3.54. The van der Waals surface area contributed by atoms with E-state index in [4.69, 9.17) is 4.74 Å². The number of hydrogen-bond donors (Lipinski definition) is 0. The topological polar surface area (TPSA) is 9.23 Å². The third-order valence-corrected chi connectivity index (χ3v) is 4.97. The van der Waals surface area contributed by atoms with E-state index in [1.165, 1.54) is 66.5 Å². The summed E-state index contributed by atoms with van der Waals surface area (Å²) in [4.78, 5) is 0. The van der Waals surface area contributed by atoms with Crippen LogP contribution in [0, 0.1) is 0 Å². The van der Waals surface area contributed by atoms with Gasteiger partial charge in [-0.15, -0.1) is 0 Å². The molecule has 0 saturated carbocycles. The summed E-state index contributed by atoms with van der Waals surface area (Å²) in [5, 5.41) is 4.96. The molecule has 1 heteroatoms. The van der Waals surface area contributed by atoms with E-state index in [-0.39, 0.29) is 0 Å². The minimum Gasteiger partial charge on any atom is -0.492 e. The highest BCUT2D eigenvalue weighted by Crippen LogP contribution is 2.34. The maximum atomic E-state index is 6.28. The number of hydrogen-bond acceptors (Lipinski definition) is 1. The van der Waals surface area contributed by atoms with Gasteiger partial charge >= 0.3 is 0 Å². The van der Waals surface area contributed by atoms with E-state index < -0.39 is 0 Å². The highest BCUT2D eigenvalue weighted by Gasteiger charge is 2.08. The molecule has 132 valence electrons. The molecule has 3 aromatic carbocycles. The molecule has 0 heterocycles. The first kappa shape index (κ1) is 17.8. The second kappa shape index (κ2) is 9.46. The molecule has 0 aromatic heterocycles. The average molecular weight is 335 g/mol.